The molecule has 35 heavy (non-hydrogen) atoms. The summed E-state index contributed by atoms with van der Waals surface area (Å²) in [7, 11) is 1.67. The molecule has 5 rings (SSSR count). The summed E-state index contributed by atoms with van der Waals surface area (Å²) in [6.07, 6.45) is 8.41. The maximum absolute atomic E-state index is 11.0. The fourth-order valence-electron chi connectivity index (χ4n) is 4.34. The number of non-ortho nitro benzene ring substituents is 1. The van der Waals surface area contributed by atoms with E-state index in [0.29, 0.717) is 0 Å². The van der Waals surface area contributed by atoms with E-state index in [0.717, 1.165) is 33.2 Å². The van der Waals surface area contributed by atoms with Crippen LogP contribution < -0.4 is 4.74 Å². The molecule has 0 unspecified atom stereocenters. The van der Waals surface area contributed by atoms with Crippen molar-refractivity contribution in [2.45, 2.75) is 0 Å². The minimum atomic E-state index is -0.382. The lowest BCUT2D eigenvalue weighted by Crippen LogP contribution is -1.89. The van der Waals surface area contributed by atoms with Crippen LogP contribution in [0.4, 0.5) is 5.69 Å². The molecule has 0 N–H and O–H groups in total. The van der Waals surface area contributed by atoms with Crippen molar-refractivity contribution in [2.24, 2.45) is 0 Å². The van der Waals surface area contributed by atoms with E-state index in [4.69, 9.17) is 4.74 Å². The van der Waals surface area contributed by atoms with E-state index in [1.165, 1.54) is 28.5 Å². The third kappa shape index (κ3) is 4.55. The smallest absolute Gasteiger partial charge is 0.269 e. The minimum Gasteiger partial charge on any atom is -0.497 e. The number of rotatable bonds is 6. The van der Waals surface area contributed by atoms with Gasteiger partial charge in [0.2, 0.25) is 0 Å². The van der Waals surface area contributed by atoms with Gasteiger partial charge in [-0.15, -0.1) is 0 Å². The van der Waals surface area contributed by atoms with Crippen LogP contribution in [0.15, 0.2) is 97.1 Å². The van der Waals surface area contributed by atoms with Crippen LogP contribution in [-0.2, 0) is 0 Å². The second-order valence-corrected chi connectivity index (χ2v) is 8.21. The van der Waals surface area contributed by atoms with Crippen molar-refractivity contribution in [3.05, 3.63) is 129 Å². The van der Waals surface area contributed by atoms with Crippen LogP contribution in [-0.4, -0.2) is 12.0 Å². The first-order chi connectivity index (χ1) is 17.1. The zero-order valence-corrected chi connectivity index (χ0v) is 19.2. The Balaban J connectivity index is 1.63. The molecule has 0 bridgehead atoms. The van der Waals surface area contributed by atoms with Crippen molar-refractivity contribution in [1.82, 2.24) is 0 Å². The van der Waals surface area contributed by atoms with Crippen LogP contribution in [0.25, 0.3) is 45.8 Å². The second-order valence-electron chi connectivity index (χ2n) is 8.21. The van der Waals surface area contributed by atoms with E-state index in [2.05, 4.69) is 66.8 Å². The summed E-state index contributed by atoms with van der Waals surface area (Å²) >= 11 is 0. The van der Waals surface area contributed by atoms with Crippen molar-refractivity contribution in [1.29, 1.82) is 0 Å². The lowest BCUT2D eigenvalue weighted by Gasteiger charge is -2.13. The molecule has 5 aromatic rings. The minimum absolute atomic E-state index is 0.0889. The molecule has 0 aliphatic carbocycles. The molecule has 0 spiro atoms. The van der Waals surface area contributed by atoms with E-state index in [1.54, 1.807) is 19.2 Å². The number of nitro benzene ring substituents is 1. The van der Waals surface area contributed by atoms with Gasteiger partial charge in [0, 0.05) is 12.1 Å². The van der Waals surface area contributed by atoms with Gasteiger partial charge in [-0.05, 0) is 68.1 Å². The highest BCUT2D eigenvalue weighted by Gasteiger charge is 2.11. The third-order valence-corrected chi connectivity index (χ3v) is 6.12. The summed E-state index contributed by atoms with van der Waals surface area (Å²) in [5, 5.41) is 15.6. The Kier molecular flexibility index (Phi) is 6.10. The highest BCUT2D eigenvalue weighted by Crippen LogP contribution is 2.35. The molecule has 0 heterocycles. The van der Waals surface area contributed by atoms with Gasteiger partial charge < -0.3 is 4.74 Å². The predicted molar refractivity (Wildman–Crippen MR) is 145 cm³/mol. The average molecular weight is 458 g/mol. The number of hydrogen-bond donors (Lipinski definition) is 0. The van der Waals surface area contributed by atoms with Crippen LogP contribution in [0.3, 0.4) is 0 Å². The van der Waals surface area contributed by atoms with Crippen LogP contribution in [0.1, 0.15) is 22.3 Å². The number of fused-ring (bicyclic) bond motifs is 2. The van der Waals surface area contributed by atoms with Crippen LogP contribution >= 0.6 is 0 Å². The van der Waals surface area contributed by atoms with Crippen molar-refractivity contribution < 1.29 is 9.66 Å². The Morgan fingerprint density at radius 1 is 0.600 bits per heavy atom. The number of methoxy groups -OCH3 is 1. The molecule has 4 heteroatoms. The van der Waals surface area contributed by atoms with E-state index in [9.17, 15) is 10.1 Å². The average Bonchev–Trinajstić information content (AvgIpc) is 2.91. The van der Waals surface area contributed by atoms with Gasteiger partial charge in [-0.3, -0.25) is 10.1 Å². The number of ether oxygens (including phenoxy) is 1. The number of hydrogen-bond acceptors (Lipinski definition) is 3. The summed E-state index contributed by atoms with van der Waals surface area (Å²) in [6.45, 7) is 0. The predicted octanol–water partition coefficient (Wildman–Crippen LogP) is 8.25. The standard InChI is InChI=1S/C31H23NO3/c1-35-25-18-12-23(13-19-25)15-21-31-28-8-4-2-6-26(28)30(27-7-3-5-9-29(27)31)20-14-22-10-16-24(17-11-22)32(33)34/h2-21H,1H3. The third-order valence-electron chi connectivity index (χ3n) is 6.12. The first-order valence-electron chi connectivity index (χ1n) is 11.3. The van der Waals surface area contributed by atoms with Crippen LogP contribution in [0.2, 0.25) is 0 Å². The van der Waals surface area contributed by atoms with Gasteiger partial charge in [-0.1, -0.05) is 85.0 Å². The molecule has 5 aromatic carbocycles. The maximum atomic E-state index is 11.0. The van der Waals surface area contributed by atoms with Crippen LogP contribution in [0, 0.1) is 10.1 Å². The van der Waals surface area contributed by atoms with Gasteiger partial charge in [0.15, 0.2) is 0 Å². The van der Waals surface area contributed by atoms with E-state index in [1.807, 2.05) is 30.3 Å². The van der Waals surface area contributed by atoms with Gasteiger partial charge in [-0.2, -0.15) is 0 Å². The van der Waals surface area contributed by atoms with Crippen molar-refractivity contribution >= 4 is 51.5 Å². The molecule has 0 saturated heterocycles. The molecular formula is C31H23NO3. The summed E-state index contributed by atoms with van der Waals surface area (Å²) in [5.74, 6) is 0.835. The number of nitro groups is 1. The van der Waals surface area contributed by atoms with Crippen molar-refractivity contribution in [2.75, 3.05) is 7.11 Å². The molecule has 0 atom stereocenters. The number of nitrogens with zero attached hydrogens (tertiary/aromatic N) is 1. The molecule has 0 fully saturated rings. The van der Waals surface area contributed by atoms with Gasteiger partial charge in [0.05, 0.1) is 12.0 Å². The summed E-state index contributed by atoms with van der Waals surface area (Å²) in [4.78, 5) is 10.6. The molecule has 170 valence electrons. The van der Waals surface area contributed by atoms with E-state index < -0.39 is 0 Å². The molecule has 0 aliphatic heterocycles. The Morgan fingerprint density at radius 2 is 1.00 bits per heavy atom. The first-order valence-corrected chi connectivity index (χ1v) is 11.3. The molecule has 4 nitrogen and oxygen atoms in total. The van der Waals surface area contributed by atoms with Gasteiger partial charge in [0.25, 0.3) is 5.69 Å². The topological polar surface area (TPSA) is 52.4 Å². The fraction of sp³-hybridized carbons (Fsp3) is 0.0323. The zero-order chi connectivity index (χ0) is 24.2. The lowest BCUT2D eigenvalue weighted by molar-refractivity contribution is -0.384. The van der Waals surface area contributed by atoms with Gasteiger partial charge >= 0.3 is 0 Å². The molecule has 0 aromatic heterocycles. The van der Waals surface area contributed by atoms with Crippen molar-refractivity contribution in [3.8, 4) is 5.75 Å². The second kappa shape index (κ2) is 9.65. The molecule has 0 aliphatic rings. The summed E-state index contributed by atoms with van der Waals surface area (Å²) < 4.78 is 5.27. The summed E-state index contributed by atoms with van der Waals surface area (Å²) in [6, 6.07) is 31.4. The Bertz CT molecular complexity index is 1520. The Labute approximate surface area is 203 Å². The molecule has 0 amide bonds. The normalized spacial score (nSPS) is 11.6. The maximum Gasteiger partial charge on any atom is 0.269 e. The van der Waals surface area contributed by atoms with E-state index in [-0.39, 0.29) is 10.6 Å². The van der Waals surface area contributed by atoms with Crippen LogP contribution in [0.5, 0.6) is 5.75 Å². The van der Waals surface area contributed by atoms with Gasteiger partial charge in [-0.25, -0.2) is 0 Å². The van der Waals surface area contributed by atoms with E-state index >= 15 is 0 Å². The highest BCUT2D eigenvalue weighted by atomic mass is 16.6. The SMILES string of the molecule is COc1ccc(C=Cc2c3ccccc3c(C=Cc3ccc([N+](=O)[O-])cc3)c3ccccc23)cc1. The lowest BCUT2D eigenvalue weighted by atomic mass is 9.91. The van der Waals surface area contributed by atoms with Crippen molar-refractivity contribution in [3.63, 3.8) is 0 Å². The monoisotopic (exact) mass is 457 g/mol. The van der Waals surface area contributed by atoms with Gasteiger partial charge in [0.1, 0.15) is 5.75 Å². The number of benzene rings is 5. The highest BCUT2D eigenvalue weighted by molar-refractivity contribution is 6.14. The molecule has 0 saturated carbocycles. The Hall–Kier alpha value is -4.70. The Morgan fingerprint density at radius 3 is 1.37 bits per heavy atom. The fourth-order valence-corrected chi connectivity index (χ4v) is 4.34. The molecule has 0 radical (unpaired) electrons. The largest absolute Gasteiger partial charge is 0.497 e. The quantitative estimate of drug-likeness (QED) is 0.112. The summed E-state index contributed by atoms with van der Waals surface area (Å²) in [5.41, 5.74) is 4.38. The first kappa shape index (κ1) is 22.1. The molecular weight excluding hydrogens is 434 g/mol. The zero-order valence-electron chi connectivity index (χ0n) is 19.2.